The SMILES string of the molecule is CCCCCCC#Cc1cccc2c1ccn2S(=O)(=O)c1ccccc1. The molecule has 3 rings (SSSR count). The Labute approximate surface area is 155 Å². The average molecular weight is 365 g/mol. The first kappa shape index (κ1) is 18.3. The van der Waals surface area contributed by atoms with Crippen LogP contribution in [0.5, 0.6) is 0 Å². The van der Waals surface area contributed by atoms with E-state index in [1.165, 1.54) is 23.2 Å². The maximum absolute atomic E-state index is 12.9. The molecule has 0 bridgehead atoms. The van der Waals surface area contributed by atoms with Gasteiger partial charge in [-0.1, -0.05) is 62.3 Å². The minimum Gasteiger partial charge on any atom is -0.241 e. The van der Waals surface area contributed by atoms with Crippen LogP contribution in [0, 0.1) is 11.8 Å². The lowest BCUT2D eigenvalue weighted by Crippen LogP contribution is -2.11. The van der Waals surface area contributed by atoms with E-state index in [4.69, 9.17) is 0 Å². The summed E-state index contributed by atoms with van der Waals surface area (Å²) in [6.45, 7) is 2.19. The third-order valence-electron chi connectivity index (χ3n) is 4.38. The summed E-state index contributed by atoms with van der Waals surface area (Å²) in [6.07, 6.45) is 7.27. The molecular formula is C22H23NO2S. The normalized spacial score (nSPS) is 11.3. The summed E-state index contributed by atoms with van der Waals surface area (Å²) in [4.78, 5) is 0.282. The van der Waals surface area contributed by atoms with E-state index in [-0.39, 0.29) is 4.90 Å². The lowest BCUT2D eigenvalue weighted by molar-refractivity contribution is 0.589. The number of hydrogen-bond acceptors (Lipinski definition) is 2. The summed E-state index contributed by atoms with van der Waals surface area (Å²) in [5.74, 6) is 6.43. The quantitative estimate of drug-likeness (QED) is 0.445. The highest BCUT2D eigenvalue weighted by atomic mass is 32.2. The van der Waals surface area contributed by atoms with Gasteiger partial charge in [0.2, 0.25) is 0 Å². The first-order valence-corrected chi connectivity index (χ1v) is 10.5. The molecule has 0 aliphatic rings. The molecule has 1 aromatic heterocycles. The summed E-state index contributed by atoms with van der Waals surface area (Å²) >= 11 is 0. The Morgan fingerprint density at radius 2 is 1.73 bits per heavy atom. The number of benzene rings is 2. The number of nitrogens with zero attached hydrogens (tertiary/aromatic N) is 1. The molecule has 26 heavy (non-hydrogen) atoms. The fourth-order valence-corrected chi connectivity index (χ4v) is 4.33. The summed E-state index contributed by atoms with van der Waals surface area (Å²) in [6, 6.07) is 16.0. The number of aromatic nitrogens is 1. The molecule has 0 atom stereocenters. The lowest BCUT2D eigenvalue weighted by Gasteiger charge is -2.07. The fourth-order valence-electron chi connectivity index (χ4n) is 2.97. The van der Waals surface area contributed by atoms with Crippen molar-refractivity contribution in [3.8, 4) is 11.8 Å². The largest absolute Gasteiger partial charge is 0.268 e. The molecule has 0 fully saturated rings. The van der Waals surface area contributed by atoms with Crippen molar-refractivity contribution in [3.63, 3.8) is 0 Å². The van der Waals surface area contributed by atoms with E-state index in [1.54, 1.807) is 36.5 Å². The fraction of sp³-hybridized carbons (Fsp3) is 0.273. The number of rotatable bonds is 6. The molecule has 0 saturated carbocycles. The molecule has 134 valence electrons. The molecule has 0 unspecified atom stereocenters. The highest BCUT2D eigenvalue weighted by molar-refractivity contribution is 7.90. The van der Waals surface area contributed by atoms with Gasteiger partial charge in [0.05, 0.1) is 10.4 Å². The predicted octanol–water partition coefficient (Wildman–Crippen LogP) is 5.20. The molecule has 0 radical (unpaired) electrons. The van der Waals surface area contributed by atoms with Crippen molar-refractivity contribution in [2.75, 3.05) is 0 Å². The van der Waals surface area contributed by atoms with Gasteiger partial charge in [-0.25, -0.2) is 12.4 Å². The van der Waals surface area contributed by atoms with Gasteiger partial charge in [-0.15, -0.1) is 0 Å². The van der Waals surface area contributed by atoms with Crippen LogP contribution in [-0.2, 0) is 10.0 Å². The van der Waals surface area contributed by atoms with Crippen LogP contribution in [0.3, 0.4) is 0 Å². The molecule has 0 spiro atoms. The van der Waals surface area contributed by atoms with Crippen molar-refractivity contribution < 1.29 is 8.42 Å². The van der Waals surface area contributed by atoms with Gasteiger partial charge in [0.25, 0.3) is 10.0 Å². The van der Waals surface area contributed by atoms with Crippen LogP contribution in [0.4, 0.5) is 0 Å². The van der Waals surface area contributed by atoms with Gasteiger partial charge in [-0.05, 0) is 36.8 Å². The minimum atomic E-state index is -3.61. The molecule has 2 aromatic carbocycles. The molecule has 0 amide bonds. The van der Waals surface area contributed by atoms with Crippen LogP contribution in [0.15, 0.2) is 65.7 Å². The zero-order chi connectivity index (χ0) is 18.4. The van der Waals surface area contributed by atoms with Gasteiger partial charge < -0.3 is 0 Å². The third kappa shape index (κ3) is 3.84. The molecule has 3 nitrogen and oxygen atoms in total. The Kier molecular flexibility index (Phi) is 5.80. The summed E-state index contributed by atoms with van der Waals surface area (Å²) in [5, 5.41) is 0.869. The van der Waals surface area contributed by atoms with Crippen molar-refractivity contribution in [1.29, 1.82) is 0 Å². The van der Waals surface area contributed by atoms with E-state index in [2.05, 4.69) is 18.8 Å². The number of fused-ring (bicyclic) bond motifs is 1. The first-order chi connectivity index (χ1) is 12.6. The van der Waals surface area contributed by atoms with E-state index in [9.17, 15) is 8.42 Å². The Balaban J connectivity index is 1.91. The number of unbranched alkanes of at least 4 members (excludes halogenated alkanes) is 4. The second-order valence-electron chi connectivity index (χ2n) is 6.28. The third-order valence-corrected chi connectivity index (χ3v) is 6.08. The van der Waals surface area contributed by atoms with Crippen LogP contribution < -0.4 is 0 Å². The Morgan fingerprint density at radius 1 is 0.923 bits per heavy atom. The van der Waals surface area contributed by atoms with E-state index in [0.29, 0.717) is 5.52 Å². The smallest absolute Gasteiger partial charge is 0.241 e. The van der Waals surface area contributed by atoms with Crippen LogP contribution in [-0.4, -0.2) is 12.4 Å². The first-order valence-electron chi connectivity index (χ1n) is 9.04. The summed E-state index contributed by atoms with van der Waals surface area (Å²) in [5.41, 5.74) is 1.53. The molecule has 3 aromatic rings. The van der Waals surface area contributed by atoms with Gasteiger partial charge in [-0.2, -0.15) is 0 Å². The standard InChI is InChI=1S/C22H23NO2S/c1-2-3-4-5-6-8-12-19-13-11-16-22-21(19)17-18-23(22)26(24,25)20-14-9-7-10-15-20/h7,9-11,13-18H,2-6H2,1H3. The maximum Gasteiger partial charge on any atom is 0.268 e. The molecule has 0 aliphatic heterocycles. The van der Waals surface area contributed by atoms with Crippen LogP contribution in [0.1, 0.15) is 44.6 Å². The second kappa shape index (κ2) is 8.25. The molecule has 0 N–H and O–H groups in total. The molecule has 4 heteroatoms. The highest BCUT2D eigenvalue weighted by Crippen LogP contribution is 2.24. The van der Waals surface area contributed by atoms with Crippen molar-refractivity contribution in [2.24, 2.45) is 0 Å². The maximum atomic E-state index is 12.9. The Hall–Kier alpha value is -2.51. The van der Waals surface area contributed by atoms with Gasteiger partial charge in [0.15, 0.2) is 0 Å². The monoisotopic (exact) mass is 365 g/mol. The van der Waals surface area contributed by atoms with Crippen molar-refractivity contribution in [1.82, 2.24) is 3.97 Å². The van der Waals surface area contributed by atoms with Crippen LogP contribution in [0.25, 0.3) is 10.9 Å². The Bertz CT molecular complexity index is 1040. The molecular weight excluding hydrogens is 342 g/mol. The van der Waals surface area contributed by atoms with Gasteiger partial charge >= 0.3 is 0 Å². The van der Waals surface area contributed by atoms with E-state index >= 15 is 0 Å². The van der Waals surface area contributed by atoms with Gasteiger partial charge in [0.1, 0.15) is 0 Å². The summed E-state index contributed by atoms with van der Waals surface area (Å²) < 4.78 is 27.2. The molecule has 1 heterocycles. The zero-order valence-corrected chi connectivity index (χ0v) is 15.8. The average Bonchev–Trinajstić information content (AvgIpc) is 3.11. The van der Waals surface area contributed by atoms with Crippen molar-refractivity contribution in [3.05, 3.63) is 66.4 Å². The second-order valence-corrected chi connectivity index (χ2v) is 8.10. The van der Waals surface area contributed by atoms with Crippen LogP contribution >= 0.6 is 0 Å². The highest BCUT2D eigenvalue weighted by Gasteiger charge is 2.18. The molecule has 0 aliphatic carbocycles. The van der Waals surface area contributed by atoms with Crippen molar-refractivity contribution >= 4 is 20.9 Å². The predicted molar refractivity (Wildman–Crippen MR) is 107 cm³/mol. The van der Waals surface area contributed by atoms with Crippen LogP contribution in [0.2, 0.25) is 0 Å². The van der Waals surface area contributed by atoms with E-state index < -0.39 is 10.0 Å². The van der Waals surface area contributed by atoms with Crippen molar-refractivity contribution in [2.45, 2.75) is 43.9 Å². The molecule has 0 saturated heterocycles. The Morgan fingerprint density at radius 3 is 2.50 bits per heavy atom. The summed E-state index contributed by atoms with van der Waals surface area (Å²) in [7, 11) is -3.61. The lowest BCUT2D eigenvalue weighted by atomic mass is 10.1. The number of hydrogen-bond donors (Lipinski definition) is 0. The van der Waals surface area contributed by atoms with Gasteiger partial charge in [0, 0.05) is 23.6 Å². The zero-order valence-electron chi connectivity index (χ0n) is 15.0. The topological polar surface area (TPSA) is 39.1 Å². The van der Waals surface area contributed by atoms with E-state index in [0.717, 1.165) is 23.8 Å². The van der Waals surface area contributed by atoms with E-state index in [1.807, 2.05) is 24.3 Å². The minimum absolute atomic E-state index is 0.282. The van der Waals surface area contributed by atoms with Gasteiger partial charge in [-0.3, -0.25) is 0 Å².